The van der Waals surface area contributed by atoms with Gasteiger partial charge in [0.1, 0.15) is 5.78 Å². The van der Waals surface area contributed by atoms with Gasteiger partial charge in [-0.3, -0.25) is 4.79 Å². The molecular weight excluding hydrogens is 172 g/mol. The lowest BCUT2D eigenvalue weighted by molar-refractivity contribution is -0.125. The standard InChI is InChI=1S/C10H9ClO/c11-8-3-1-2-7(6-8)9-4-5-10(9)12/h1-3,6,9H,4-5H2. The van der Waals surface area contributed by atoms with E-state index < -0.39 is 0 Å². The number of rotatable bonds is 1. The Hall–Kier alpha value is -0.820. The monoisotopic (exact) mass is 180 g/mol. The van der Waals surface area contributed by atoms with Gasteiger partial charge in [-0.2, -0.15) is 0 Å². The third-order valence-corrected chi connectivity index (χ3v) is 2.55. The number of carbonyl (C=O) groups is 1. The van der Waals surface area contributed by atoms with E-state index in [4.69, 9.17) is 11.6 Å². The summed E-state index contributed by atoms with van der Waals surface area (Å²) in [6, 6.07) is 7.56. The van der Waals surface area contributed by atoms with Crippen LogP contribution in [0.1, 0.15) is 24.3 Å². The Kier molecular flexibility index (Phi) is 1.89. The molecule has 1 fully saturated rings. The molecular formula is C10H9ClO. The van der Waals surface area contributed by atoms with Crippen LogP contribution in [0.3, 0.4) is 0 Å². The molecule has 12 heavy (non-hydrogen) atoms. The zero-order chi connectivity index (χ0) is 8.55. The van der Waals surface area contributed by atoms with Gasteiger partial charge in [-0.05, 0) is 24.1 Å². The van der Waals surface area contributed by atoms with Gasteiger partial charge >= 0.3 is 0 Å². The fraction of sp³-hybridized carbons (Fsp3) is 0.300. The maximum Gasteiger partial charge on any atom is 0.140 e. The Morgan fingerprint density at radius 3 is 2.75 bits per heavy atom. The predicted molar refractivity (Wildman–Crippen MR) is 48.4 cm³/mol. The van der Waals surface area contributed by atoms with Crippen molar-refractivity contribution in [3.05, 3.63) is 34.9 Å². The Bertz CT molecular complexity index is 319. The van der Waals surface area contributed by atoms with Crippen LogP contribution >= 0.6 is 11.6 Å². The first-order chi connectivity index (χ1) is 5.77. The lowest BCUT2D eigenvalue weighted by Gasteiger charge is -2.24. The van der Waals surface area contributed by atoms with Crippen LogP contribution in [0.5, 0.6) is 0 Å². The summed E-state index contributed by atoms with van der Waals surface area (Å²) in [7, 11) is 0. The van der Waals surface area contributed by atoms with Crippen molar-refractivity contribution in [3.63, 3.8) is 0 Å². The zero-order valence-electron chi connectivity index (χ0n) is 6.59. The average molecular weight is 181 g/mol. The summed E-state index contributed by atoms with van der Waals surface area (Å²) < 4.78 is 0. The summed E-state index contributed by atoms with van der Waals surface area (Å²) >= 11 is 5.81. The van der Waals surface area contributed by atoms with Crippen LogP contribution in [0, 0.1) is 0 Å². The molecule has 1 aromatic carbocycles. The third-order valence-electron chi connectivity index (χ3n) is 2.32. The smallest absolute Gasteiger partial charge is 0.140 e. The van der Waals surface area contributed by atoms with Crippen LogP contribution < -0.4 is 0 Å². The van der Waals surface area contributed by atoms with Crippen molar-refractivity contribution in [2.24, 2.45) is 0 Å². The molecule has 1 aromatic rings. The van der Waals surface area contributed by atoms with Crippen LogP contribution in [0.2, 0.25) is 5.02 Å². The minimum absolute atomic E-state index is 0.128. The van der Waals surface area contributed by atoms with Gasteiger partial charge in [-0.25, -0.2) is 0 Å². The van der Waals surface area contributed by atoms with Gasteiger partial charge in [0.2, 0.25) is 0 Å². The normalized spacial score (nSPS) is 22.1. The fourth-order valence-corrected chi connectivity index (χ4v) is 1.68. The van der Waals surface area contributed by atoms with Crippen LogP contribution in [0.15, 0.2) is 24.3 Å². The predicted octanol–water partition coefficient (Wildman–Crippen LogP) is 2.79. The Balaban J connectivity index is 2.28. The molecule has 1 unspecified atom stereocenters. The van der Waals surface area contributed by atoms with E-state index in [1.807, 2.05) is 24.3 Å². The highest BCUT2D eigenvalue weighted by Gasteiger charge is 2.29. The summed E-state index contributed by atoms with van der Waals surface area (Å²) in [4.78, 5) is 11.1. The second-order valence-corrected chi connectivity index (χ2v) is 3.55. The molecule has 0 heterocycles. The molecule has 1 aliphatic rings. The van der Waals surface area contributed by atoms with Crippen LogP contribution in [-0.2, 0) is 4.79 Å². The maximum atomic E-state index is 11.1. The van der Waals surface area contributed by atoms with Crippen molar-refractivity contribution in [2.45, 2.75) is 18.8 Å². The molecule has 1 aliphatic carbocycles. The molecule has 0 amide bonds. The summed E-state index contributed by atoms with van der Waals surface area (Å²) in [5.41, 5.74) is 1.07. The largest absolute Gasteiger partial charge is 0.299 e. The van der Waals surface area contributed by atoms with E-state index >= 15 is 0 Å². The molecule has 0 N–H and O–H groups in total. The molecule has 0 radical (unpaired) electrons. The average Bonchev–Trinajstić information content (AvgIpc) is 2.02. The van der Waals surface area contributed by atoms with E-state index in [0.29, 0.717) is 10.8 Å². The molecule has 1 saturated carbocycles. The van der Waals surface area contributed by atoms with E-state index in [9.17, 15) is 4.79 Å². The molecule has 2 heteroatoms. The molecule has 0 spiro atoms. The first kappa shape index (κ1) is 7.81. The molecule has 2 rings (SSSR count). The molecule has 0 aliphatic heterocycles. The lowest BCUT2D eigenvalue weighted by Crippen LogP contribution is -2.22. The fourth-order valence-electron chi connectivity index (χ4n) is 1.48. The van der Waals surface area contributed by atoms with Crippen LogP contribution in [-0.4, -0.2) is 5.78 Å². The van der Waals surface area contributed by atoms with E-state index in [0.717, 1.165) is 18.4 Å². The van der Waals surface area contributed by atoms with E-state index in [1.54, 1.807) is 0 Å². The summed E-state index contributed by atoms with van der Waals surface area (Å²) in [6.45, 7) is 0. The quantitative estimate of drug-likeness (QED) is 0.650. The number of halogens is 1. The number of hydrogen-bond acceptors (Lipinski definition) is 1. The molecule has 0 aromatic heterocycles. The van der Waals surface area contributed by atoms with Crippen molar-refractivity contribution in [2.75, 3.05) is 0 Å². The van der Waals surface area contributed by atoms with Crippen molar-refractivity contribution >= 4 is 17.4 Å². The Morgan fingerprint density at radius 2 is 2.25 bits per heavy atom. The number of hydrogen-bond donors (Lipinski definition) is 0. The first-order valence-electron chi connectivity index (χ1n) is 4.05. The third kappa shape index (κ3) is 1.25. The summed E-state index contributed by atoms with van der Waals surface area (Å²) in [6.07, 6.45) is 1.72. The van der Waals surface area contributed by atoms with Crippen LogP contribution in [0.25, 0.3) is 0 Å². The minimum atomic E-state index is 0.128. The molecule has 1 nitrogen and oxygen atoms in total. The molecule has 62 valence electrons. The van der Waals surface area contributed by atoms with Gasteiger partial charge < -0.3 is 0 Å². The molecule has 0 saturated heterocycles. The van der Waals surface area contributed by atoms with Crippen molar-refractivity contribution in [1.82, 2.24) is 0 Å². The second kappa shape index (κ2) is 2.91. The zero-order valence-corrected chi connectivity index (χ0v) is 7.34. The van der Waals surface area contributed by atoms with Gasteiger partial charge in [0.15, 0.2) is 0 Å². The molecule has 0 bridgehead atoms. The summed E-state index contributed by atoms with van der Waals surface area (Å²) in [5.74, 6) is 0.473. The minimum Gasteiger partial charge on any atom is -0.299 e. The number of carbonyl (C=O) groups excluding carboxylic acids is 1. The Morgan fingerprint density at radius 1 is 1.42 bits per heavy atom. The van der Waals surface area contributed by atoms with E-state index in [2.05, 4.69) is 0 Å². The van der Waals surface area contributed by atoms with Crippen molar-refractivity contribution in [3.8, 4) is 0 Å². The lowest BCUT2D eigenvalue weighted by atomic mass is 9.79. The SMILES string of the molecule is O=C1CCC1c1cccc(Cl)c1. The number of Topliss-reactive ketones (excluding diaryl/α,β-unsaturated/α-hetero) is 1. The van der Waals surface area contributed by atoms with Gasteiger partial charge in [0, 0.05) is 17.4 Å². The van der Waals surface area contributed by atoms with Crippen molar-refractivity contribution < 1.29 is 4.79 Å². The van der Waals surface area contributed by atoms with Gasteiger partial charge in [-0.1, -0.05) is 23.7 Å². The van der Waals surface area contributed by atoms with Crippen LogP contribution in [0.4, 0.5) is 0 Å². The number of ketones is 1. The molecule has 1 atom stereocenters. The highest BCUT2D eigenvalue weighted by Crippen LogP contribution is 2.33. The highest BCUT2D eigenvalue weighted by atomic mass is 35.5. The van der Waals surface area contributed by atoms with E-state index in [-0.39, 0.29) is 5.92 Å². The van der Waals surface area contributed by atoms with Crippen molar-refractivity contribution in [1.29, 1.82) is 0 Å². The highest BCUT2D eigenvalue weighted by molar-refractivity contribution is 6.30. The van der Waals surface area contributed by atoms with Gasteiger partial charge in [-0.15, -0.1) is 0 Å². The maximum absolute atomic E-state index is 11.1. The van der Waals surface area contributed by atoms with E-state index in [1.165, 1.54) is 0 Å². The Labute approximate surface area is 76.4 Å². The van der Waals surface area contributed by atoms with Gasteiger partial charge in [0.05, 0.1) is 0 Å². The summed E-state index contributed by atoms with van der Waals surface area (Å²) in [5, 5.41) is 0.715. The number of benzene rings is 1. The van der Waals surface area contributed by atoms with Gasteiger partial charge in [0.25, 0.3) is 0 Å². The topological polar surface area (TPSA) is 17.1 Å². The first-order valence-corrected chi connectivity index (χ1v) is 4.43. The second-order valence-electron chi connectivity index (χ2n) is 3.11.